The largest absolute Gasteiger partial charge is 0.398 e. The third kappa shape index (κ3) is 2.67. The van der Waals surface area contributed by atoms with Crippen molar-refractivity contribution in [2.45, 2.75) is 20.8 Å². The highest BCUT2D eigenvalue weighted by Gasteiger charge is 2.12. The number of carbonyl (C=O) groups is 1. The number of para-hydroxylation sites is 1. The van der Waals surface area contributed by atoms with Gasteiger partial charge in [0.05, 0.1) is 0 Å². The summed E-state index contributed by atoms with van der Waals surface area (Å²) in [7, 11) is 0. The molecule has 3 nitrogen and oxygen atoms in total. The van der Waals surface area contributed by atoms with E-state index in [1.807, 2.05) is 24.3 Å². The number of benzene rings is 2. The number of nitrogens with zero attached hydrogens (tertiary/aromatic N) is 1. The Labute approximate surface area is 120 Å². The van der Waals surface area contributed by atoms with E-state index in [1.165, 1.54) is 5.56 Å². The topological polar surface area (TPSA) is 46.3 Å². The molecule has 0 fully saturated rings. The molecule has 0 saturated heterocycles. The second-order valence-electron chi connectivity index (χ2n) is 4.86. The number of aryl methyl sites for hydroxylation is 1. The number of hydrogen-bond donors (Lipinski definition) is 1. The molecule has 2 aromatic carbocycles. The van der Waals surface area contributed by atoms with Crippen LogP contribution < -0.4 is 10.6 Å². The van der Waals surface area contributed by atoms with Gasteiger partial charge in [-0.1, -0.05) is 18.2 Å². The molecule has 0 bridgehead atoms. The monoisotopic (exact) mass is 268 g/mol. The van der Waals surface area contributed by atoms with Gasteiger partial charge in [-0.25, -0.2) is 0 Å². The molecular weight excluding hydrogens is 248 g/mol. The SMILES string of the molecule is CCN(c1ccc(N)c(C(C)=O)c1)c1ccccc1C. The average molecular weight is 268 g/mol. The number of rotatable bonds is 4. The van der Waals surface area contributed by atoms with Crippen molar-refractivity contribution in [2.75, 3.05) is 17.2 Å². The fourth-order valence-corrected chi connectivity index (χ4v) is 2.38. The molecule has 0 unspecified atom stereocenters. The molecule has 0 aromatic heterocycles. The van der Waals surface area contributed by atoms with Gasteiger partial charge in [-0.2, -0.15) is 0 Å². The number of anilines is 3. The third-order valence-electron chi connectivity index (χ3n) is 3.45. The minimum Gasteiger partial charge on any atom is -0.398 e. The lowest BCUT2D eigenvalue weighted by Gasteiger charge is -2.25. The van der Waals surface area contributed by atoms with Gasteiger partial charge < -0.3 is 10.6 Å². The first-order chi connectivity index (χ1) is 9.54. The molecule has 0 amide bonds. The van der Waals surface area contributed by atoms with Crippen LogP contribution >= 0.6 is 0 Å². The Bertz CT molecular complexity index is 635. The highest BCUT2D eigenvalue weighted by atomic mass is 16.1. The second-order valence-corrected chi connectivity index (χ2v) is 4.86. The van der Waals surface area contributed by atoms with Crippen LogP contribution in [-0.2, 0) is 0 Å². The molecule has 0 aliphatic carbocycles. The predicted octanol–water partition coefficient (Wildman–Crippen LogP) is 3.94. The Morgan fingerprint density at radius 2 is 1.90 bits per heavy atom. The lowest BCUT2D eigenvalue weighted by molar-refractivity contribution is 0.101. The van der Waals surface area contributed by atoms with Crippen molar-refractivity contribution in [3.8, 4) is 0 Å². The van der Waals surface area contributed by atoms with E-state index in [-0.39, 0.29) is 5.78 Å². The van der Waals surface area contributed by atoms with Crippen molar-refractivity contribution in [1.29, 1.82) is 0 Å². The van der Waals surface area contributed by atoms with E-state index in [9.17, 15) is 4.79 Å². The number of ketones is 1. The summed E-state index contributed by atoms with van der Waals surface area (Å²) in [5.74, 6) is -0.00909. The maximum atomic E-state index is 11.6. The Kier molecular flexibility index (Phi) is 4.08. The number of carbonyl (C=O) groups excluding carboxylic acids is 1. The summed E-state index contributed by atoms with van der Waals surface area (Å²) in [5, 5.41) is 0. The van der Waals surface area contributed by atoms with Crippen LogP contribution in [0.25, 0.3) is 0 Å². The lowest BCUT2D eigenvalue weighted by Crippen LogP contribution is -2.17. The number of nitrogens with two attached hydrogens (primary N) is 1. The number of Topliss-reactive ketones (excluding diaryl/α,β-unsaturated/α-hetero) is 1. The Morgan fingerprint density at radius 3 is 2.50 bits per heavy atom. The van der Waals surface area contributed by atoms with Gasteiger partial charge in [0.2, 0.25) is 0 Å². The normalized spacial score (nSPS) is 10.3. The van der Waals surface area contributed by atoms with Crippen molar-refractivity contribution in [2.24, 2.45) is 0 Å². The highest BCUT2D eigenvalue weighted by molar-refractivity contribution is 6.00. The Balaban J connectivity index is 2.50. The van der Waals surface area contributed by atoms with Crippen LogP contribution in [0.3, 0.4) is 0 Å². The maximum absolute atomic E-state index is 11.6. The molecule has 20 heavy (non-hydrogen) atoms. The van der Waals surface area contributed by atoms with E-state index in [4.69, 9.17) is 5.73 Å². The van der Waals surface area contributed by atoms with Crippen molar-refractivity contribution in [3.05, 3.63) is 53.6 Å². The molecule has 0 saturated carbocycles. The van der Waals surface area contributed by atoms with Crippen molar-refractivity contribution in [3.63, 3.8) is 0 Å². The maximum Gasteiger partial charge on any atom is 0.161 e. The zero-order valence-electron chi connectivity index (χ0n) is 12.2. The Morgan fingerprint density at radius 1 is 1.20 bits per heavy atom. The summed E-state index contributed by atoms with van der Waals surface area (Å²) in [6.07, 6.45) is 0. The molecule has 0 radical (unpaired) electrons. The van der Waals surface area contributed by atoms with Crippen molar-refractivity contribution < 1.29 is 4.79 Å². The van der Waals surface area contributed by atoms with E-state index < -0.39 is 0 Å². The fraction of sp³-hybridized carbons (Fsp3) is 0.235. The van der Waals surface area contributed by atoms with Gasteiger partial charge >= 0.3 is 0 Å². The van der Waals surface area contributed by atoms with E-state index in [0.717, 1.165) is 17.9 Å². The molecule has 2 rings (SSSR count). The molecule has 2 aromatic rings. The van der Waals surface area contributed by atoms with Crippen LogP contribution in [0.5, 0.6) is 0 Å². The van der Waals surface area contributed by atoms with Crippen LogP contribution in [0.2, 0.25) is 0 Å². The van der Waals surface area contributed by atoms with Crippen LogP contribution in [0.15, 0.2) is 42.5 Å². The molecular formula is C17H20N2O. The van der Waals surface area contributed by atoms with E-state index in [1.54, 1.807) is 13.0 Å². The Hall–Kier alpha value is -2.29. The minimum absolute atomic E-state index is 0.00909. The molecule has 0 aliphatic heterocycles. The van der Waals surface area contributed by atoms with Gasteiger partial charge in [-0.3, -0.25) is 4.79 Å². The first-order valence-corrected chi connectivity index (χ1v) is 6.78. The number of hydrogen-bond acceptors (Lipinski definition) is 3. The van der Waals surface area contributed by atoms with Gasteiger partial charge in [0.25, 0.3) is 0 Å². The molecule has 104 valence electrons. The average Bonchev–Trinajstić information content (AvgIpc) is 2.43. The standard InChI is InChI=1S/C17H20N2O/c1-4-19(17-8-6-5-7-12(17)2)14-9-10-16(18)15(11-14)13(3)20/h5-11H,4,18H2,1-3H3. The fourth-order valence-electron chi connectivity index (χ4n) is 2.38. The molecule has 0 aliphatic rings. The summed E-state index contributed by atoms with van der Waals surface area (Å²) < 4.78 is 0. The van der Waals surface area contributed by atoms with Crippen LogP contribution in [0, 0.1) is 6.92 Å². The molecule has 0 atom stereocenters. The summed E-state index contributed by atoms with van der Waals surface area (Å²) in [5.41, 5.74) is 10.3. The number of nitrogen functional groups attached to an aromatic ring is 1. The second kappa shape index (κ2) is 5.78. The molecule has 2 N–H and O–H groups in total. The minimum atomic E-state index is -0.00909. The van der Waals surface area contributed by atoms with E-state index >= 15 is 0 Å². The predicted molar refractivity (Wildman–Crippen MR) is 84.7 cm³/mol. The summed E-state index contributed by atoms with van der Waals surface area (Å²) in [6, 6.07) is 13.8. The lowest BCUT2D eigenvalue weighted by atomic mass is 10.1. The summed E-state index contributed by atoms with van der Waals surface area (Å²) in [6.45, 7) is 6.54. The van der Waals surface area contributed by atoms with Gasteiger partial charge in [-0.15, -0.1) is 0 Å². The summed E-state index contributed by atoms with van der Waals surface area (Å²) >= 11 is 0. The van der Waals surface area contributed by atoms with Crippen LogP contribution in [0.1, 0.15) is 29.8 Å². The van der Waals surface area contributed by atoms with E-state index in [0.29, 0.717) is 11.3 Å². The van der Waals surface area contributed by atoms with Crippen LogP contribution in [0.4, 0.5) is 17.1 Å². The van der Waals surface area contributed by atoms with E-state index in [2.05, 4.69) is 30.9 Å². The van der Waals surface area contributed by atoms with Gasteiger partial charge in [0.15, 0.2) is 5.78 Å². The van der Waals surface area contributed by atoms with Crippen molar-refractivity contribution in [1.82, 2.24) is 0 Å². The van der Waals surface area contributed by atoms with Gasteiger partial charge in [0, 0.05) is 29.2 Å². The van der Waals surface area contributed by atoms with Gasteiger partial charge in [0.1, 0.15) is 0 Å². The van der Waals surface area contributed by atoms with Crippen molar-refractivity contribution >= 4 is 22.8 Å². The molecule has 0 spiro atoms. The quantitative estimate of drug-likeness (QED) is 0.675. The zero-order chi connectivity index (χ0) is 14.7. The smallest absolute Gasteiger partial charge is 0.161 e. The first-order valence-electron chi connectivity index (χ1n) is 6.78. The third-order valence-corrected chi connectivity index (χ3v) is 3.45. The van der Waals surface area contributed by atoms with Crippen LogP contribution in [-0.4, -0.2) is 12.3 Å². The molecule has 0 heterocycles. The van der Waals surface area contributed by atoms with Gasteiger partial charge in [-0.05, 0) is 50.6 Å². The highest BCUT2D eigenvalue weighted by Crippen LogP contribution is 2.30. The zero-order valence-corrected chi connectivity index (χ0v) is 12.2. The molecule has 3 heteroatoms. The first kappa shape index (κ1) is 14.1. The summed E-state index contributed by atoms with van der Waals surface area (Å²) in [4.78, 5) is 13.8.